The maximum atomic E-state index is 12.9. The number of rotatable bonds is 3. The molecule has 0 fully saturated rings. The molecule has 5 nitrogen and oxygen atoms in total. The minimum absolute atomic E-state index is 0.0289. The van der Waals surface area contributed by atoms with Gasteiger partial charge in [-0.25, -0.2) is 4.79 Å². The number of hydrogen-bond donors (Lipinski definition) is 2. The highest BCUT2D eigenvalue weighted by Gasteiger charge is 2.40. The van der Waals surface area contributed by atoms with Crippen LogP contribution in [0, 0.1) is 0 Å². The normalized spacial score (nSPS) is 20.0. The quantitative estimate of drug-likeness (QED) is 0.826. The van der Waals surface area contributed by atoms with Crippen molar-refractivity contribution in [1.29, 1.82) is 0 Å². The predicted molar refractivity (Wildman–Crippen MR) is 95.3 cm³/mol. The lowest BCUT2D eigenvalue weighted by atomic mass is 9.96. The van der Waals surface area contributed by atoms with Gasteiger partial charge in [0, 0.05) is 9.35 Å². The van der Waals surface area contributed by atoms with Crippen molar-refractivity contribution in [2.45, 2.75) is 12.6 Å². The zero-order valence-electron chi connectivity index (χ0n) is 12.6. The Morgan fingerprint density at radius 3 is 2.71 bits per heavy atom. The first kappa shape index (κ1) is 15.4. The molecule has 0 bridgehead atoms. The van der Waals surface area contributed by atoms with Crippen LogP contribution in [0.5, 0.6) is 0 Å². The van der Waals surface area contributed by atoms with E-state index in [2.05, 4.69) is 26.6 Å². The topological polar surface area (TPSA) is 61.4 Å². The maximum absolute atomic E-state index is 12.9. The molecular formula is C17H14BrN3O2S. The van der Waals surface area contributed by atoms with Gasteiger partial charge >= 0.3 is 6.03 Å². The molecule has 1 aromatic carbocycles. The summed E-state index contributed by atoms with van der Waals surface area (Å²) in [6, 6.07) is 11.0. The number of nitrogens with zero attached hydrogens (tertiary/aromatic N) is 1. The van der Waals surface area contributed by atoms with E-state index in [0.717, 1.165) is 14.9 Å². The van der Waals surface area contributed by atoms with E-state index >= 15 is 0 Å². The van der Waals surface area contributed by atoms with Crippen molar-refractivity contribution in [3.05, 3.63) is 68.0 Å². The molecule has 24 heavy (non-hydrogen) atoms. The Balaban J connectivity index is 1.64. The molecule has 3 heterocycles. The highest BCUT2D eigenvalue weighted by Crippen LogP contribution is 2.33. The van der Waals surface area contributed by atoms with Gasteiger partial charge in [0.05, 0.1) is 30.4 Å². The highest BCUT2D eigenvalue weighted by atomic mass is 79.9. The van der Waals surface area contributed by atoms with Crippen molar-refractivity contribution in [3.63, 3.8) is 0 Å². The molecule has 0 saturated heterocycles. The van der Waals surface area contributed by atoms with Crippen LogP contribution in [0.25, 0.3) is 0 Å². The number of benzene rings is 1. The fourth-order valence-electron chi connectivity index (χ4n) is 3.05. The van der Waals surface area contributed by atoms with E-state index in [1.54, 1.807) is 16.2 Å². The zero-order chi connectivity index (χ0) is 16.7. The van der Waals surface area contributed by atoms with E-state index in [9.17, 15) is 9.59 Å². The molecule has 122 valence electrons. The lowest BCUT2D eigenvalue weighted by molar-refractivity contribution is -0.126. The molecule has 2 aliphatic heterocycles. The van der Waals surface area contributed by atoms with Gasteiger partial charge in [-0.15, -0.1) is 11.3 Å². The summed E-state index contributed by atoms with van der Waals surface area (Å²) in [5.74, 6) is -0.0289. The Hall–Kier alpha value is -2.12. The average molecular weight is 404 g/mol. The summed E-state index contributed by atoms with van der Waals surface area (Å²) in [4.78, 5) is 27.8. The first-order valence-electron chi connectivity index (χ1n) is 7.49. The summed E-state index contributed by atoms with van der Waals surface area (Å²) in [5, 5.41) is 7.65. The van der Waals surface area contributed by atoms with Gasteiger partial charge in [0.1, 0.15) is 0 Å². The fraction of sp³-hybridized carbons (Fsp3) is 0.176. The molecule has 0 saturated carbocycles. The van der Waals surface area contributed by atoms with Crippen molar-refractivity contribution in [1.82, 2.24) is 15.5 Å². The van der Waals surface area contributed by atoms with Crippen molar-refractivity contribution >= 4 is 39.2 Å². The third-order valence-corrected chi connectivity index (χ3v) is 5.54. The first-order valence-corrected chi connectivity index (χ1v) is 9.17. The third-order valence-electron chi connectivity index (χ3n) is 4.15. The molecule has 2 N–H and O–H groups in total. The van der Waals surface area contributed by atoms with Crippen LogP contribution in [0.3, 0.4) is 0 Å². The van der Waals surface area contributed by atoms with Gasteiger partial charge < -0.3 is 15.5 Å². The van der Waals surface area contributed by atoms with Crippen LogP contribution in [0.15, 0.2) is 57.5 Å². The number of carbonyl (C=O) groups is 2. The van der Waals surface area contributed by atoms with E-state index in [0.29, 0.717) is 24.4 Å². The SMILES string of the molecule is O=C1NC2=C(C(=O)N(Cc3cccs3)C2)[C@H](c2ccc(Br)cc2)N1. The molecule has 1 aromatic heterocycles. The van der Waals surface area contributed by atoms with Gasteiger partial charge in [-0.3, -0.25) is 4.79 Å². The van der Waals surface area contributed by atoms with Crippen molar-refractivity contribution in [3.8, 4) is 0 Å². The van der Waals surface area contributed by atoms with Crippen molar-refractivity contribution in [2.24, 2.45) is 0 Å². The molecule has 2 aromatic rings. The van der Waals surface area contributed by atoms with Gasteiger partial charge in [-0.1, -0.05) is 34.1 Å². The van der Waals surface area contributed by atoms with Crippen molar-refractivity contribution in [2.75, 3.05) is 6.54 Å². The predicted octanol–water partition coefficient (Wildman–Crippen LogP) is 3.16. The number of halogens is 1. The van der Waals surface area contributed by atoms with E-state index in [1.165, 1.54) is 0 Å². The number of nitrogens with one attached hydrogen (secondary N) is 2. The fourth-order valence-corrected chi connectivity index (χ4v) is 4.04. The third kappa shape index (κ3) is 2.74. The summed E-state index contributed by atoms with van der Waals surface area (Å²) in [6.45, 7) is 0.999. The summed E-state index contributed by atoms with van der Waals surface area (Å²) < 4.78 is 0.956. The molecule has 2 aliphatic rings. The molecule has 3 amide bonds. The molecule has 0 radical (unpaired) electrons. The second-order valence-corrected chi connectivity index (χ2v) is 7.66. The minimum atomic E-state index is -0.414. The molecule has 0 aliphatic carbocycles. The Labute approximate surface area is 151 Å². The second kappa shape index (κ2) is 6.07. The summed E-state index contributed by atoms with van der Waals surface area (Å²) in [6.07, 6.45) is 0. The number of hydrogen-bond acceptors (Lipinski definition) is 3. The Morgan fingerprint density at radius 1 is 1.21 bits per heavy atom. The summed E-state index contributed by atoms with van der Waals surface area (Å²) in [7, 11) is 0. The molecule has 7 heteroatoms. The largest absolute Gasteiger partial charge is 0.328 e. The summed E-state index contributed by atoms with van der Waals surface area (Å²) in [5.41, 5.74) is 2.23. The smallest absolute Gasteiger partial charge is 0.319 e. The number of thiophene rings is 1. The number of carbonyl (C=O) groups excluding carboxylic acids is 2. The Morgan fingerprint density at radius 2 is 2.00 bits per heavy atom. The monoisotopic (exact) mass is 403 g/mol. The maximum Gasteiger partial charge on any atom is 0.319 e. The molecule has 4 rings (SSSR count). The Kier molecular flexibility index (Phi) is 3.90. The van der Waals surface area contributed by atoms with Crippen LogP contribution in [0.4, 0.5) is 4.79 Å². The Bertz CT molecular complexity index is 830. The van der Waals surface area contributed by atoms with E-state index in [1.807, 2.05) is 41.8 Å². The highest BCUT2D eigenvalue weighted by molar-refractivity contribution is 9.10. The van der Waals surface area contributed by atoms with Crippen LogP contribution >= 0.6 is 27.3 Å². The zero-order valence-corrected chi connectivity index (χ0v) is 15.0. The lowest BCUT2D eigenvalue weighted by Crippen LogP contribution is -2.44. The minimum Gasteiger partial charge on any atom is -0.328 e. The van der Waals surface area contributed by atoms with Crippen LogP contribution in [0.1, 0.15) is 16.5 Å². The summed E-state index contributed by atoms with van der Waals surface area (Å²) >= 11 is 5.03. The molecule has 0 unspecified atom stereocenters. The molecule has 0 spiro atoms. The van der Waals surface area contributed by atoms with Gasteiger partial charge in [0.2, 0.25) is 0 Å². The van der Waals surface area contributed by atoms with Gasteiger partial charge in [-0.05, 0) is 29.1 Å². The van der Waals surface area contributed by atoms with Gasteiger partial charge in [0.25, 0.3) is 5.91 Å². The second-order valence-electron chi connectivity index (χ2n) is 5.72. The number of urea groups is 1. The van der Waals surface area contributed by atoms with Crippen LogP contribution in [-0.4, -0.2) is 23.4 Å². The first-order chi connectivity index (χ1) is 11.6. The van der Waals surface area contributed by atoms with E-state index < -0.39 is 6.04 Å². The van der Waals surface area contributed by atoms with Crippen LogP contribution in [-0.2, 0) is 11.3 Å². The van der Waals surface area contributed by atoms with Gasteiger partial charge in [-0.2, -0.15) is 0 Å². The molecule has 1 atom stereocenters. The van der Waals surface area contributed by atoms with Crippen LogP contribution < -0.4 is 10.6 Å². The van der Waals surface area contributed by atoms with Crippen LogP contribution in [0.2, 0.25) is 0 Å². The van der Waals surface area contributed by atoms with E-state index in [-0.39, 0.29) is 11.9 Å². The lowest BCUT2D eigenvalue weighted by Gasteiger charge is -2.25. The number of amides is 3. The van der Waals surface area contributed by atoms with E-state index in [4.69, 9.17) is 0 Å². The molecular weight excluding hydrogens is 390 g/mol. The van der Waals surface area contributed by atoms with Crippen molar-refractivity contribution < 1.29 is 9.59 Å². The average Bonchev–Trinajstić information content (AvgIpc) is 3.17. The standard InChI is InChI=1S/C17H14BrN3O2S/c18-11-5-3-10(4-6-11)15-14-13(19-17(23)20-15)9-21(16(14)22)8-12-2-1-7-24-12/h1-7,15H,8-9H2,(H2,19,20,23)/t15-/m0/s1. The van der Waals surface area contributed by atoms with Gasteiger partial charge in [0.15, 0.2) is 0 Å².